The lowest BCUT2D eigenvalue weighted by atomic mass is 10.1. The highest BCUT2D eigenvalue weighted by atomic mass is 79.9. The highest BCUT2D eigenvalue weighted by Gasteiger charge is 2.18. The molecule has 1 aromatic heterocycles. The number of aryl methyl sites for hydroxylation is 2. The van der Waals surface area contributed by atoms with Crippen molar-refractivity contribution in [1.82, 2.24) is 4.98 Å². The molecule has 20 heavy (non-hydrogen) atoms. The highest BCUT2D eigenvalue weighted by Crippen LogP contribution is 2.31. The molecule has 0 fully saturated rings. The minimum atomic E-state index is -0.487. The predicted molar refractivity (Wildman–Crippen MR) is 75.2 cm³/mol. The van der Waals surface area contributed by atoms with E-state index in [0.29, 0.717) is 10.0 Å². The molecule has 0 bridgehead atoms. The number of pyridine rings is 1. The summed E-state index contributed by atoms with van der Waals surface area (Å²) in [5, 5.41) is 9.18. The quantitative estimate of drug-likeness (QED) is 0.830. The van der Waals surface area contributed by atoms with Crippen LogP contribution in [0.2, 0.25) is 0 Å². The van der Waals surface area contributed by atoms with Gasteiger partial charge in [0, 0.05) is 10.2 Å². The first-order valence-electron chi connectivity index (χ1n) is 6.23. The van der Waals surface area contributed by atoms with E-state index >= 15 is 0 Å². The van der Waals surface area contributed by atoms with E-state index in [-0.39, 0.29) is 11.6 Å². The van der Waals surface area contributed by atoms with Crippen LogP contribution in [0, 0.1) is 17.1 Å². The summed E-state index contributed by atoms with van der Waals surface area (Å²) in [5.41, 5.74) is 2.36. The van der Waals surface area contributed by atoms with Crippen molar-refractivity contribution in [2.24, 2.45) is 0 Å². The van der Waals surface area contributed by atoms with E-state index < -0.39 is 5.82 Å². The SMILES string of the molecule is N#Cc1cc2c(nc1Oc1cc(Br)ccc1F)CCC2. The first kappa shape index (κ1) is 13.1. The number of benzene rings is 1. The smallest absolute Gasteiger partial charge is 0.237 e. The average molecular weight is 333 g/mol. The lowest BCUT2D eigenvalue weighted by Gasteiger charge is -2.09. The van der Waals surface area contributed by atoms with E-state index in [9.17, 15) is 9.65 Å². The zero-order valence-corrected chi connectivity index (χ0v) is 12.1. The van der Waals surface area contributed by atoms with Gasteiger partial charge in [-0.25, -0.2) is 9.37 Å². The fourth-order valence-corrected chi connectivity index (χ4v) is 2.61. The minimum Gasteiger partial charge on any atom is -0.435 e. The van der Waals surface area contributed by atoms with Gasteiger partial charge in [0.1, 0.15) is 11.6 Å². The van der Waals surface area contributed by atoms with E-state index in [0.717, 1.165) is 30.5 Å². The Balaban J connectivity index is 2.02. The molecule has 3 nitrogen and oxygen atoms in total. The summed E-state index contributed by atoms with van der Waals surface area (Å²) in [4.78, 5) is 4.36. The lowest BCUT2D eigenvalue weighted by molar-refractivity contribution is 0.424. The summed E-state index contributed by atoms with van der Waals surface area (Å²) < 4.78 is 19.9. The van der Waals surface area contributed by atoms with Gasteiger partial charge in [-0.3, -0.25) is 0 Å². The number of rotatable bonds is 2. The van der Waals surface area contributed by atoms with Gasteiger partial charge in [0.25, 0.3) is 0 Å². The molecule has 0 radical (unpaired) electrons. The molecule has 1 heterocycles. The van der Waals surface area contributed by atoms with E-state index in [2.05, 4.69) is 27.0 Å². The maximum absolute atomic E-state index is 13.7. The molecule has 0 spiro atoms. The molecule has 2 aromatic rings. The fourth-order valence-electron chi connectivity index (χ4n) is 2.27. The van der Waals surface area contributed by atoms with Crippen molar-refractivity contribution in [3.05, 3.63) is 51.4 Å². The predicted octanol–water partition coefficient (Wildman–Crippen LogP) is 4.14. The molecule has 1 aromatic carbocycles. The largest absolute Gasteiger partial charge is 0.435 e. The Labute approximate surface area is 124 Å². The summed E-state index contributed by atoms with van der Waals surface area (Å²) in [7, 11) is 0. The first-order chi connectivity index (χ1) is 9.67. The second kappa shape index (κ2) is 5.22. The number of aromatic nitrogens is 1. The Morgan fingerprint density at radius 2 is 2.15 bits per heavy atom. The Kier molecular flexibility index (Phi) is 3.41. The molecule has 0 saturated carbocycles. The zero-order chi connectivity index (χ0) is 14.1. The Morgan fingerprint density at radius 1 is 1.30 bits per heavy atom. The molecular weight excluding hydrogens is 323 g/mol. The van der Waals surface area contributed by atoms with Gasteiger partial charge in [-0.15, -0.1) is 0 Å². The van der Waals surface area contributed by atoms with Gasteiger partial charge in [-0.2, -0.15) is 5.26 Å². The van der Waals surface area contributed by atoms with Crippen molar-refractivity contribution in [2.45, 2.75) is 19.3 Å². The molecule has 0 atom stereocenters. The third-order valence-corrected chi connectivity index (χ3v) is 3.73. The molecule has 100 valence electrons. The van der Waals surface area contributed by atoms with Gasteiger partial charge in [-0.05, 0) is 49.1 Å². The maximum atomic E-state index is 13.7. The second-order valence-corrected chi connectivity index (χ2v) is 5.50. The summed E-state index contributed by atoms with van der Waals surface area (Å²) in [6.45, 7) is 0. The third-order valence-electron chi connectivity index (χ3n) is 3.24. The van der Waals surface area contributed by atoms with Gasteiger partial charge >= 0.3 is 0 Å². The number of fused-ring (bicyclic) bond motifs is 1. The first-order valence-corrected chi connectivity index (χ1v) is 7.02. The van der Waals surface area contributed by atoms with Crippen LogP contribution < -0.4 is 4.74 Å². The van der Waals surface area contributed by atoms with Crippen molar-refractivity contribution in [1.29, 1.82) is 5.26 Å². The van der Waals surface area contributed by atoms with Crippen molar-refractivity contribution in [3.8, 4) is 17.7 Å². The highest BCUT2D eigenvalue weighted by molar-refractivity contribution is 9.10. The number of halogens is 2. The van der Waals surface area contributed by atoms with Crippen LogP contribution in [0.3, 0.4) is 0 Å². The van der Waals surface area contributed by atoms with Crippen molar-refractivity contribution < 1.29 is 9.13 Å². The van der Waals surface area contributed by atoms with E-state index in [1.54, 1.807) is 12.1 Å². The fraction of sp³-hybridized carbons (Fsp3) is 0.200. The topological polar surface area (TPSA) is 45.9 Å². The maximum Gasteiger partial charge on any atom is 0.237 e. The van der Waals surface area contributed by atoms with E-state index in [1.165, 1.54) is 12.1 Å². The van der Waals surface area contributed by atoms with Crippen LogP contribution in [-0.4, -0.2) is 4.98 Å². The standard InChI is InChI=1S/C15H10BrFN2O/c16-11-4-5-12(17)14(7-11)20-15-10(8-18)6-9-2-1-3-13(9)19-15/h4-7H,1-3H2. The Morgan fingerprint density at radius 3 is 2.95 bits per heavy atom. The number of ether oxygens (including phenoxy) is 1. The van der Waals surface area contributed by atoms with Gasteiger partial charge < -0.3 is 4.74 Å². The summed E-state index contributed by atoms with van der Waals surface area (Å²) in [5.74, 6) is -0.258. The summed E-state index contributed by atoms with van der Waals surface area (Å²) in [6.07, 6.45) is 2.84. The molecule has 5 heteroatoms. The number of nitrogens with zero attached hydrogens (tertiary/aromatic N) is 2. The molecular formula is C15H10BrFN2O. The lowest BCUT2D eigenvalue weighted by Crippen LogP contribution is -1.98. The van der Waals surface area contributed by atoms with Gasteiger partial charge in [0.15, 0.2) is 11.6 Å². The van der Waals surface area contributed by atoms with Crippen molar-refractivity contribution in [3.63, 3.8) is 0 Å². The van der Waals surface area contributed by atoms with Crippen LogP contribution in [0.25, 0.3) is 0 Å². The van der Waals surface area contributed by atoms with Crippen molar-refractivity contribution in [2.75, 3.05) is 0 Å². The van der Waals surface area contributed by atoms with Crippen LogP contribution in [-0.2, 0) is 12.8 Å². The van der Waals surface area contributed by atoms with Crippen LogP contribution in [0.4, 0.5) is 4.39 Å². The number of hydrogen-bond acceptors (Lipinski definition) is 3. The van der Waals surface area contributed by atoms with Crippen LogP contribution in [0.1, 0.15) is 23.2 Å². The average Bonchev–Trinajstić information content (AvgIpc) is 2.89. The molecule has 0 aliphatic heterocycles. The minimum absolute atomic E-state index is 0.0568. The Bertz CT molecular complexity index is 725. The number of nitriles is 1. The molecule has 0 unspecified atom stereocenters. The van der Waals surface area contributed by atoms with Crippen LogP contribution in [0.5, 0.6) is 11.6 Å². The molecule has 3 rings (SSSR count). The second-order valence-electron chi connectivity index (χ2n) is 4.59. The Hall–Kier alpha value is -1.93. The number of hydrogen-bond donors (Lipinski definition) is 0. The van der Waals surface area contributed by atoms with Crippen LogP contribution >= 0.6 is 15.9 Å². The van der Waals surface area contributed by atoms with E-state index in [4.69, 9.17) is 4.74 Å². The van der Waals surface area contributed by atoms with Crippen molar-refractivity contribution >= 4 is 15.9 Å². The molecule has 0 N–H and O–H groups in total. The van der Waals surface area contributed by atoms with E-state index in [1.807, 2.05) is 0 Å². The normalized spacial score (nSPS) is 12.8. The monoisotopic (exact) mass is 332 g/mol. The zero-order valence-electron chi connectivity index (χ0n) is 10.5. The molecule has 1 aliphatic carbocycles. The van der Waals surface area contributed by atoms with Gasteiger partial charge in [-0.1, -0.05) is 15.9 Å². The van der Waals surface area contributed by atoms with Crippen LogP contribution in [0.15, 0.2) is 28.7 Å². The van der Waals surface area contributed by atoms with Gasteiger partial charge in [0.05, 0.1) is 0 Å². The summed E-state index contributed by atoms with van der Waals surface area (Å²) >= 11 is 3.26. The third kappa shape index (κ3) is 2.39. The summed E-state index contributed by atoms with van der Waals surface area (Å²) in [6, 6.07) is 8.26. The molecule has 0 amide bonds. The molecule has 0 saturated heterocycles. The molecule has 1 aliphatic rings. The van der Waals surface area contributed by atoms with Gasteiger partial charge in [0.2, 0.25) is 5.88 Å².